The molecule has 0 bridgehead atoms. The summed E-state index contributed by atoms with van der Waals surface area (Å²) in [5.41, 5.74) is 1.11. The highest BCUT2D eigenvalue weighted by molar-refractivity contribution is 9.10. The number of nitrogens with one attached hydrogen (secondary N) is 2. The average Bonchev–Trinajstić information content (AvgIpc) is 2.80. The lowest BCUT2D eigenvalue weighted by Gasteiger charge is -2.12. The predicted molar refractivity (Wildman–Crippen MR) is 147 cm³/mol. The van der Waals surface area contributed by atoms with Crippen molar-refractivity contribution in [3.63, 3.8) is 0 Å². The van der Waals surface area contributed by atoms with Crippen molar-refractivity contribution in [2.45, 2.75) is 47.0 Å². The van der Waals surface area contributed by atoms with Gasteiger partial charge in [-0.05, 0) is 99.4 Å². The Labute approximate surface area is 225 Å². The van der Waals surface area contributed by atoms with E-state index in [-0.39, 0.29) is 11.8 Å². The van der Waals surface area contributed by atoms with Crippen LogP contribution < -0.4 is 20.1 Å². The molecule has 35 heavy (non-hydrogen) atoms. The van der Waals surface area contributed by atoms with Crippen molar-refractivity contribution in [2.75, 3.05) is 26.3 Å². The van der Waals surface area contributed by atoms with Gasteiger partial charge in [0.2, 0.25) is 0 Å². The molecule has 192 valence electrons. The molecule has 0 unspecified atom stereocenters. The molecule has 0 spiro atoms. The first-order valence-corrected chi connectivity index (χ1v) is 13.7. The Hall–Kier alpha value is -2.06. The summed E-state index contributed by atoms with van der Waals surface area (Å²) in [6, 6.07) is 10.6. The second-order valence-electron chi connectivity index (χ2n) is 9.22. The Morgan fingerprint density at radius 2 is 1.14 bits per heavy atom. The van der Waals surface area contributed by atoms with Crippen molar-refractivity contribution in [1.29, 1.82) is 0 Å². The van der Waals surface area contributed by atoms with E-state index in [0.717, 1.165) is 33.3 Å². The third-order valence-electron chi connectivity index (χ3n) is 5.22. The lowest BCUT2D eigenvalue weighted by molar-refractivity contribution is 0.0951. The van der Waals surface area contributed by atoms with E-state index in [9.17, 15) is 9.59 Å². The van der Waals surface area contributed by atoms with Crippen LogP contribution in [0.5, 0.6) is 11.5 Å². The molecule has 0 aromatic heterocycles. The first kappa shape index (κ1) is 29.2. The van der Waals surface area contributed by atoms with Crippen LogP contribution in [0.25, 0.3) is 0 Å². The van der Waals surface area contributed by atoms with Crippen molar-refractivity contribution in [3.8, 4) is 11.5 Å². The standard InChI is InChI=1S/C27H36Br2N2O4/c1-18(2)10-14-34-24-8-6-20(16-22(24)28)26(32)30-12-5-13-31-27(33)21-7-9-25(23(29)17-21)35-15-11-19(3)4/h6-9,16-19H,5,10-15H2,1-4H3,(H,30,32)(H,31,33). The van der Waals surface area contributed by atoms with Crippen molar-refractivity contribution >= 4 is 43.7 Å². The van der Waals surface area contributed by atoms with Crippen LogP contribution in [0.1, 0.15) is 67.7 Å². The molecule has 2 aromatic rings. The summed E-state index contributed by atoms with van der Waals surface area (Å²) in [4.78, 5) is 24.9. The van der Waals surface area contributed by atoms with E-state index in [0.29, 0.717) is 55.7 Å². The van der Waals surface area contributed by atoms with E-state index in [2.05, 4.69) is 70.2 Å². The van der Waals surface area contributed by atoms with Gasteiger partial charge >= 0.3 is 0 Å². The molecule has 2 aromatic carbocycles. The summed E-state index contributed by atoms with van der Waals surface area (Å²) in [5.74, 6) is 2.28. The van der Waals surface area contributed by atoms with Gasteiger partial charge in [0, 0.05) is 24.2 Å². The summed E-state index contributed by atoms with van der Waals surface area (Å²) in [6.07, 6.45) is 2.56. The normalized spacial score (nSPS) is 11.0. The summed E-state index contributed by atoms with van der Waals surface area (Å²) in [7, 11) is 0. The molecule has 2 rings (SSSR count). The molecule has 0 aliphatic carbocycles. The fourth-order valence-corrected chi connectivity index (χ4v) is 4.01. The van der Waals surface area contributed by atoms with E-state index >= 15 is 0 Å². The van der Waals surface area contributed by atoms with Crippen LogP contribution >= 0.6 is 31.9 Å². The van der Waals surface area contributed by atoms with Gasteiger partial charge in [-0.3, -0.25) is 9.59 Å². The van der Waals surface area contributed by atoms with Crippen LogP contribution in [0, 0.1) is 11.8 Å². The second-order valence-corrected chi connectivity index (χ2v) is 10.9. The van der Waals surface area contributed by atoms with Gasteiger partial charge < -0.3 is 20.1 Å². The minimum atomic E-state index is -0.164. The number of benzene rings is 2. The largest absolute Gasteiger partial charge is 0.492 e. The number of hydrogen-bond acceptors (Lipinski definition) is 4. The van der Waals surface area contributed by atoms with E-state index in [1.165, 1.54) is 0 Å². The van der Waals surface area contributed by atoms with Gasteiger partial charge in [0.15, 0.2) is 0 Å². The zero-order valence-electron chi connectivity index (χ0n) is 21.0. The lowest BCUT2D eigenvalue weighted by Crippen LogP contribution is -2.29. The van der Waals surface area contributed by atoms with Crippen LogP contribution in [-0.2, 0) is 0 Å². The topological polar surface area (TPSA) is 76.7 Å². The van der Waals surface area contributed by atoms with Crippen LogP contribution in [0.3, 0.4) is 0 Å². The quantitative estimate of drug-likeness (QED) is 0.236. The van der Waals surface area contributed by atoms with Crippen LogP contribution in [0.4, 0.5) is 0 Å². The number of hydrogen-bond donors (Lipinski definition) is 2. The Balaban J connectivity index is 1.72. The number of rotatable bonds is 14. The minimum absolute atomic E-state index is 0.164. The zero-order chi connectivity index (χ0) is 25.8. The van der Waals surface area contributed by atoms with E-state index in [1.807, 2.05) is 0 Å². The summed E-state index contributed by atoms with van der Waals surface area (Å²) in [5, 5.41) is 5.77. The third-order valence-corrected chi connectivity index (χ3v) is 6.46. The predicted octanol–water partition coefficient (Wildman–Crippen LogP) is 6.61. The molecule has 0 aliphatic heterocycles. The summed E-state index contributed by atoms with van der Waals surface area (Å²) in [6.45, 7) is 10.8. The second kappa shape index (κ2) is 15.1. The fraction of sp³-hybridized carbons (Fsp3) is 0.481. The Morgan fingerprint density at radius 1 is 0.743 bits per heavy atom. The van der Waals surface area contributed by atoms with Crippen LogP contribution in [0.2, 0.25) is 0 Å². The summed E-state index contributed by atoms with van der Waals surface area (Å²) < 4.78 is 13.0. The van der Waals surface area contributed by atoms with Gasteiger partial charge in [0.05, 0.1) is 22.2 Å². The Bertz CT molecular complexity index is 902. The number of halogens is 2. The van der Waals surface area contributed by atoms with Gasteiger partial charge in [-0.15, -0.1) is 0 Å². The van der Waals surface area contributed by atoms with Crippen molar-refractivity contribution in [3.05, 3.63) is 56.5 Å². The number of amides is 2. The van der Waals surface area contributed by atoms with E-state index in [4.69, 9.17) is 9.47 Å². The molecule has 2 amide bonds. The van der Waals surface area contributed by atoms with Crippen molar-refractivity contribution in [2.24, 2.45) is 11.8 Å². The monoisotopic (exact) mass is 610 g/mol. The molecule has 8 heteroatoms. The maximum Gasteiger partial charge on any atom is 0.251 e. The maximum atomic E-state index is 12.4. The molecule has 0 aliphatic rings. The molecule has 2 N–H and O–H groups in total. The first-order valence-electron chi connectivity index (χ1n) is 12.1. The third kappa shape index (κ3) is 10.6. The highest BCUT2D eigenvalue weighted by Gasteiger charge is 2.11. The van der Waals surface area contributed by atoms with Gasteiger partial charge in [-0.2, -0.15) is 0 Å². The van der Waals surface area contributed by atoms with Gasteiger partial charge in [-0.1, -0.05) is 27.7 Å². The smallest absolute Gasteiger partial charge is 0.251 e. The van der Waals surface area contributed by atoms with Gasteiger partial charge in [0.25, 0.3) is 11.8 Å². The molecule has 0 fully saturated rings. The first-order chi connectivity index (χ1) is 16.7. The Morgan fingerprint density at radius 3 is 1.49 bits per heavy atom. The number of ether oxygens (including phenoxy) is 2. The average molecular weight is 612 g/mol. The van der Waals surface area contributed by atoms with Crippen molar-refractivity contribution < 1.29 is 19.1 Å². The molecule has 0 saturated heterocycles. The Kier molecular flexibility index (Phi) is 12.6. The zero-order valence-corrected chi connectivity index (χ0v) is 24.1. The SMILES string of the molecule is CC(C)CCOc1ccc(C(=O)NCCCNC(=O)c2ccc(OCCC(C)C)c(Br)c2)cc1Br. The van der Waals surface area contributed by atoms with Crippen LogP contribution in [-0.4, -0.2) is 38.1 Å². The maximum absolute atomic E-state index is 12.4. The highest BCUT2D eigenvalue weighted by atomic mass is 79.9. The van der Waals surface area contributed by atoms with Crippen LogP contribution in [0.15, 0.2) is 45.3 Å². The number of carbonyl (C=O) groups excluding carboxylic acids is 2. The molecule has 0 atom stereocenters. The fourth-order valence-electron chi connectivity index (χ4n) is 3.02. The number of carbonyl (C=O) groups is 2. The molecular weight excluding hydrogens is 576 g/mol. The highest BCUT2D eigenvalue weighted by Crippen LogP contribution is 2.27. The minimum Gasteiger partial charge on any atom is -0.492 e. The molecule has 6 nitrogen and oxygen atoms in total. The van der Waals surface area contributed by atoms with Gasteiger partial charge in [-0.25, -0.2) is 0 Å². The molecular formula is C27H36Br2N2O4. The van der Waals surface area contributed by atoms with E-state index in [1.54, 1.807) is 36.4 Å². The summed E-state index contributed by atoms with van der Waals surface area (Å²) >= 11 is 6.95. The molecule has 0 saturated carbocycles. The van der Waals surface area contributed by atoms with Gasteiger partial charge in [0.1, 0.15) is 11.5 Å². The van der Waals surface area contributed by atoms with Crippen molar-refractivity contribution in [1.82, 2.24) is 10.6 Å². The molecule has 0 heterocycles. The van der Waals surface area contributed by atoms with E-state index < -0.39 is 0 Å². The lowest BCUT2D eigenvalue weighted by atomic mass is 10.1. The molecule has 0 radical (unpaired) electrons.